The maximum atomic E-state index is 12.4. The van der Waals surface area contributed by atoms with Crippen LogP contribution in [0.1, 0.15) is 16.7 Å². The molecule has 5 N–H and O–H groups in total. The fraction of sp³-hybridized carbons (Fsp3) is 0.0526. The lowest BCUT2D eigenvalue weighted by Crippen LogP contribution is -2.10. The molecule has 0 atom stereocenters. The molecule has 7 heteroatoms. The van der Waals surface area contributed by atoms with Crippen molar-refractivity contribution < 1.29 is 9.53 Å². The van der Waals surface area contributed by atoms with E-state index in [9.17, 15) is 4.79 Å². The molecule has 3 aromatic rings. The van der Waals surface area contributed by atoms with Crippen molar-refractivity contribution in [2.24, 2.45) is 5.73 Å². The number of amidine groups is 1. The molecule has 0 spiro atoms. The van der Waals surface area contributed by atoms with Gasteiger partial charge in [-0.05, 0) is 42.5 Å². The van der Waals surface area contributed by atoms with Gasteiger partial charge in [-0.2, -0.15) is 0 Å². The molecule has 1 aliphatic rings. The summed E-state index contributed by atoms with van der Waals surface area (Å²) >= 11 is 0. The smallest absolute Gasteiger partial charge is 0.256 e. The van der Waals surface area contributed by atoms with Gasteiger partial charge in [0.25, 0.3) is 5.91 Å². The number of fused-ring (bicyclic) bond motifs is 2. The van der Waals surface area contributed by atoms with E-state index in [-0.39, 0.29) is 24.1 Å². The van der Waals surface area contributed by atoms with Crippen LogP contribution in [0.4, 0.5) is 5.69 Å². The molecule has 1 aromatic heterocycles. The second-order valence-corrected chi connectivity index (χ2v) is 5.84. The number of hydrogen-bond acceptors (Lipinski definition) is 3. The van der Waals surface area contributed by atoms with E-state index < -0.39 is 0 Å². The molecule has 2 heterocycles. The number of benzene rings is 2. The van der Waals surface area contributed by atoms with Gasteiger partial charge in [0.2, 0.25) is 0 Å². The summed E-state index contributed by atoms with van der Waals surface area (Å²) in [5, 5.41) is 11.4. The van der Waals surface area contributed by atoms with Gasteiger partial charge < -0.3 is 20.8 Å². The number of carbonyl (C=O) groups is 1. The van der Waals surface area contributed by atoms with E-state index in [1.165, 1.54) is 0 Å². The van der Waals surface area contributed by atoms with Gasteiger partial charge in [-0.3, -0.25) is 10.2 Å². The summed E-state index contributed by atoms with van der Waals surface area (Å²) in [7, 11) is 1.62. The molecule has 0 aliphatic carbocycles. The van der Waals surface area contributed by atoms with Gasteiger partial charge in [0.1, 0.15) is 11.6 Å². The third kappa shape index (κ3) is 2.80. The number of carbonyl (C=O) groups excluding carboxylic acids is 1. The summed E-state index contributed by atoms with van der Waals surface area (Å²) in [6.45, 7) is 0. The van der Waals surface area contributed by atoms with Crippen LogP contribution in [0.2, 0.25) is 0 Å². The average molecular weight is 369 g/mol. The maximum absolute atomic E-state index is 12.4. The number of anilines is 1. The van der Waals surface area contributed by atoms with Crippen molar-refractivity contribution in [1.29, 1.82) is 5.41 Å². The Labute approximate surface area is 156 Å². The lowest BCUT2D eigenvalue weighted by atomic mass is 10.0. The van der Waals surface area contributed by atoms with E-state index in [4.69, 9.17) is 15.9 Å². The van der Waals surface area contributed by atoms with Crippen LogP contribution in [0.25, 0.3) is 22.6 Å². The second-order valence-electron chi connectivity index (χ2n) is 5.84. The summed E-state index contributed by atoms with van der Waals surface area (Å²) < 4.78 is 5.28. The Hall–Kier alpha value is -3.25. The Morgan fingerprint density at radius 1 is 1.23 bits per heavy atom. The Bertz CT molecular complexity index is 1070. The number of aromatic amines is 1. The number of H-pyrrole nitrogens is 1. The van der Waals surface area contributed by atoms with Crippen LogP contribution in [0.3, 0.4) is 0 Å². The Morgan fingerprint density at radius 2 is 2.04 bits per heavy atom. The van der Waals surface area contributed by atoms with E-state index in [0.717, 1.165) is 33.5 Å². The number of nitrogen functional groups attached to an aromatic ring is 1. The van der Waals surface area contributed by atoms with E-state index in [2.05, 4.69) is 10.3 Å². The highest BCUT2D eigenvalue weighted by molar-refractivity contribution is 6.35. The molecule has 6 nitrogen and oxygen atoms in total. The van der Waals surface area contributed by atoms with Crippen molar-refractivity contribution in [2.45, 2.75) is 0 Å². The molecule has 1 amide bonds. The highest BCUT2D eigenvalue weighted by Gasteiger charge is 2.25. The first kappa shape index (κ1) is 17.6. The third-order valence-corrected chi connectivity index (χ3v) is 4.33. The van der Waals surface area contributed by atoms with E-state index in [0.29, 0.717) is 11.1 Å². The number of hydrogen-bond donors (Lipinski definition) is 4. The first-order chi connectivity index (χ1) is 12.1. The first-order valence-electron chi connectivity index (χ1n) is 7.74. The van der Waals surface area contributed by atoms with Crippen molar-refractivity contribution in [1.82, 2.24) is 4.98 Å². The summed E-state index contributed by atoms with van der Waals surface area (Å²) in [6.07, 6.45) is 3.70. The SMILES string of the molecule is COc1ccc2[nH]cc(C=C3C(=O)Nc4ccc(C(=N)N)cc43)c2c1.Cl. The van der Waals surface area contributed by atoms with E-state index >= 15 is 0 Å². The van der Waals surface area contributed by atoms with Crippen LogP contribution in [0.15, 0.2) is 42.6 Å². The van der Waals surface area contributed by atoms with Crippen LogP contribution < -0.4 is 15.8 Å². The lowest BCUT2D eigenvalue weighted by molar-refractivity contribution is -0.110. The monoisotopic (exact) mass is 368 g/mol. The number of halogens is 1. The van der Waals surface area contributed by atoms with Crippen LogP contribution in [-0.4, -0.2) is 23.8 Å². The standard InChI is InChI=1S/C19H16N4O2.ClH/c1-25-12-3-5-16-13(8-12)11(9-22-16)7-15-14-6-10(18(20)21)2-4-17(14)23-19(15)24;/h2-9,22H,1H3,(H3,20,21)(H,23,24);1H. The quantitative estimate of drug-likeness (QED) is 0.323. The Balaban J connectivity index is 0.00000196. The maximum Gasteiger partial charge on any atom is 0.256 e. The minimum Gasteiger partial charge on any atom is -0.497 e. The zero-order chi connectivity index (χ0) is 17.6. The Morgan fingerprint density at radius 3 is 2.77 bits per heavy atom. The second kappa shape index (κ2) is 6.57. The van der Waals surface area contributed by atoms with Crippen molar-refractivity contribution in [2.75, 3.05) is 12.4 Å². The third-order valence-electron chi connectivity index (χ3n) is 4.33. The van der Waals surface area contributed by atoms with Gasteiger partial charge in [-0.15, -0.1) is 12.4 Å². The minimum atomic E-state index is -0.173. The number of nitrogens with one attached hydrogen (secondary N) is 3. The number of aromatic nitrogens is 1. The average Bonchev–Trinajstić information content (AvgIpc) is 3.15. The van der Waals surface area contributed by atoms with Crippen molar-refractivity contribution >= 4 is 52.4 Å². The predicted octanol–water partition coefficient (Wildman–Crippen LogP) is 3.38. The van der Waals surface area contributed by atoms with Crippen LogP contribution in [0.5, 0.6) is 5.75 Å². The molecule has 0 saturated heterocycles. The van der Waals surface area contributed by atoms with Crippen LogP contribution in [-0.2, 0) is 4.79 Å². The van der Waals surface area contributed by atoms with Gasteiger partial charge in [0.15, 0.2) is 0 Å². The summed E-state index contributed by atoms with van der Waals surface area (Å²) in [6, 6.07) is 11.0. The first-order valence-corrected chi connectivity index (χ1v) is 7.74. The number of nitrogens with two attached hydrogens (primary N) is 1. The largest absolute Gasteiger partial charge is 0.497 e. The molecule has 2 aromatic carbocycles. The molecule has 4 rings (SSSR count). The number of rotatable bonds is 3. The van der Waals surface area contributed by atoms with Gasteiger partial charge in [-0.25, -0.2) is 0 Å². The molecule has 0 saturated carbocycles. The molecule has 0 fully saturated rings. The molecule has 132 valence electrons. The fourth-order valence-corrected chi connectivity index (χ4v) is 3.02. The summed E-state index contributed by atoms with van der Waals surface area (Å²) in [4.78, 5) is 15.6. The molecular weight excluding hydrogens is 352 g/mol. The van der Waals surface area contributed by atoms with Gasteiger partial charge in [0.05, 0.1) is 7.11 Å². The molecule has 1 aliphatic heterocycles. The van der Waals surface area contributed by atoms with Gasteiger partial charge in [-0.1, -0.05) is 0 Å². The van der Waals surface area contributed by atoms with Gasteiger partial charge in [0, 0.05) is 45.1 Å². The summed E-state index contributed by atoms with van der Waals surface area (Å²) in [5.74, 6) is 0.549. The molecule has 0 bridgehead atoms. The van der Waals surface area contributed by atoms with Crippen LogP contribution >= 0.6 is 12.4 Å². The Kier molecular flexibility index (Phi) is 4.44. The zero-order valence-corrected chi connectivity index (χ0v) is 14.7. The highest BCUT2D eigenvalue weighted by Crippen LogP contribution is 2.35. The van der Waals surface area contributed by atoms with E-state index in [1.54, 1.807) is 25.3 Å². The fourth-order valence-electron chi connectivity index (χ4n) is 3.02. The number of methoxy groups -OCH3 is 1. The molecule has 26 heavy (non-hydrogen) atoms. The van der Waals surface area contributed by atoms with Crippen molar-refractivity contribution in [3.05, 3.63) is 59.3 Å². The zero-order valence-electron chi connectivity index (χ0n) is 13.9. The molecular formula is C19H17ClN4O2. The van der Waals surface area contributed by atoms with E-state index in [1.807, 2.05) is 30.5 Å². The lowest BCUT2D eigenvalue weighted by Gasteiger charge is -2.03. The van der Waals surface area contributed by atoms with Gasteiger partial charge >= 0.3 is 0 Å². The van der Waals surface area contributed by atoms with Crippen molar-refractivity contribution in [3.8, 4) is 5.75 Å². The minimum absolute atomic E-state index is 0. The number of ether oxygens (including phenoxy) is 1. The summed E-state index contributed by atoms with van der Waals surface area (Å²) in [5.41, 5.74) is 10.0. The predicted molar refractivity (Wildman–Crippen MR) is 106 cm³/mol. The molecule has 0 radical (unpaired) electrons. The topological polar surface area (TPSA) is 104 Å². The van der Waals surface area contributed by atoms with Crippen LogP contribution in [0, 0.1) is 5.41 Å². The van der Waals surface area contributed by atoms with Crippen molar-refractivity contribution in [3.63, 3.8) is 0 Å². The highest BCUT2D eigenvalue weighted by atomic mass is 35.5. The molecule has 0 unspecified atom stereocenters. The normalized spacial score (nSPS) is 14.0. The number of amides is 1.